The van der Waals surface area contributed by atoms with Crippen LogP contribution in [0.5, 0.6) is 5.75 Å². The molecule has 0 amide bonds. The number of hydrogen-bond acceptors (Lipinski definition) is 4. The van der Waals surface area contributed by atoms with Gasteiger partial charge in [-0.15, -0.1) is 0 Å². The van der Waals surface area contributed by atoms with E-state index in [0.29, 0.717) is 10.8 Å². The molecule has 1 fully saturated rings. The number of benzene rings is 2. The molecule has 2 aromatic rings. The third-order valence-electron chi connectivity index (χ3n) is 4.31. The topological polar surface area (TPSA) is 48.2 Å². The van der Waals surface area contributed by atoms with Gasteiger partial charge in [0.1, 0.15) is 5.75 Å². The number of phenols is 1. The molecular formula is C19H22ClN3O. The van der Waals surface area contributed by atoms with Crippen molar-refractivity contribution in [1.82, 2.24) is 4.90 Å². The maximum atomic E-state index is 10.4. The molecule has 0 atom stereocenters. The van der Waals surface area contributed by atoms with Crippen LogP contribution in [0.4, 0.5) is 11.4 Å². The summed E-state index contributed by atoms with van der Waals surface area (Å²) in [5.41, 5.74) is 3.26. The van der Waals surface area contributed by atoms with Gasteiger partial charge in [0.15, 0.2) is 0 Å². The van der Waals surface area contributed by atoms with E-state index in [1.165, 1.54) is 19.3 Å². The third-order valence-corrected chi connectivity index (χ3v) is 4.57. The minimum Gasteiger partial charge on any atom is -0.507 e. The Morgan fingerprint density at radius 3 is 2.38 bits per heavy atom. The molecule has 0 spiro atoms. The van der Waals surface area contributed by atoms with Gasteiger partial charge in [-0.1, -0.05) is 18.0 Å². The van der Waals surface area contributed by atoms with Crippen LogP contribution in [0.3, 0.4) is 0 Å². The lowest BCUT2D eigenvalue weighted by Crippen LogP contribution is -2.29. The SMILES string of the molecule is Cc1cc(N=Nc2ccc(Cl)cc2)cc(CN2CCCCC2)c1O. The number of azo groups is 1. The first-order valence-corrected chi connectivity index (χ1v) is 8.72. The molecule has 1 heterocycles. The Balaban J connectivity index is 1.79. The molecule has 24 heavy (non-hydrogen) atoms. The molecule has 1 aliphatic rings. The molecule has 0 saturated carbocycles. The monoisotopic (exact) mass is 343 g/mol. The van der Waals surface area contributed by atoms with Crippen LogP contribution in [0, 0.1) is 6.92 Å². The van der Waals surface area contributed by atoms with Crippen LogP contribution >= 0.6 is 11.6 Å². The number of aryl methyl sites for hydroxylation is 1. The Morgan fingerprint density at radius 2 is 1.67 bits per heavy atom. The van der Waals surface area contributed by atoms with E-state index in [1.54, 1.807) is 12.1 Å². The predicted molar refractivity (Wildman–Crippen MR) is 97.6 cm³/mol. The highest BCUT2D eigenvalue weighted by Gasteiger charge is 2.14. The minimum atomic E-state index is 0.367. The number of likely N-dealkylation sites (tertiary alicyclic amines) is 1. The van der Waals surface area contributed by atoms with Gasteiger partial charge in [-0.3, -0.25) is 4.90 Å². The van der Waals surface area contributed by atoms with Crippen molar-refractivity contribution in [3.05, 3.63) is 52.5 Å². The first kappa shape index (κ1) is 16.9. The Bertz CT molecular complexity index is 722. The molecule has 1 saturated heterocycles. The number of phenolic OH excluding ortho intramolecular Hbond substituents is 1. The molecule has 0 bridgehead atoms. The molecule has 4 nitrogen and oxygen atoms in total. The van der Waals surface area contributed by atoms with Crippen molar-refractivity contribution in [2.24, 2.45) is 10.2 Å². The highest BCUT2D eigenvalue weighted by molar-refractivity contribution is 6.30. The van der Waals surface area contributed by atoms with Gasteiger partial charge in [0, 0.05) is 17.1 Å². The number of aromatic hydroxyl groups is 1. The lowest BCUT2D eigenvalue weighted by Gasteiger charge is -2.27. The normalized spacial score (nSPS) is 15.9. The molecule has 0 radical (unpaired) electrons. The van der Waals surface area contributed by atoms with Crippen molar-refractivity contribution in [3.8, 4) is 5.75 Å². The van der Waals surface area contributed by atoms with Crippen LogP contribution in [0.25, 0.3) is 0 Å². The van der Waals surface area contributed by atoms with Crippen LogP contribution < -0.4 is 0 Å². The smallest absolute Gasteiger partial charge is 0.123 e. The van der Waals surface area contributed by atoms with Crippen molar-refractivity contribution in [1.29, 1.82) is 0 Å². The van der Waals surface area contributed by atoms with Gasteiger partial charge in [0.05, 0.1) is 11.4 Å². The average Bonchev–Trinajstić information content (AvgIpc) is 2.59. The highest BCUT2D eigenvalue weighted by Crippen LogP contribution is 2.31. The number of halogens is 1. The zero-order valence-electron chi connectivity index (χ0n) is 13.9. The van der Waals surface area contributed by atoms with Crippen LogP contribution in [-0.2, 0) is 6.54 Å². The predicted octanol–water partition coefficient (Wildman–Crippen LogP) is 5.76. The van der Waals surface area contributed by atoms with Gasteiger partial charge in [-0.05, 0) is 74.8 Å². The van der Waals surface area contributed by atoms with Crippen molar-refractivity contribution in [2.75, 3.05) is 13.1 Å². The second kappa shape index (κ2) is 7.77. The van der Waals surface area contributed by atoms with Gasteiger partial charge < -0.3 is 5.11 Å². The van der Waals surface area contributed by atoms with Gasteiger partial charge >= 0.3 is 0 Å². The number of rotatable bonds is 4. The van der Waals surface area contributed by atoms with Gasteiger partial charge in [0.25, 0.3) is 0 Å². The van der Waals surface area contributed by atoms with Gasteiger partial charge in [-0.25, -0.2) is 0 Å². The second-order valence-corrected chi connectivity index (χ2v) is 6.72. The van der Waals surface area contributed by atoms with E-state index >= 15 is 0 Å². The lowest BCUT2D eigenvalue weighted by atomic mass is 10.1. The molecule has 3 rings (SSSR count). The molecule has 0 aliphatic carbocycles. The zero-order chi connectivity index (χ0) is 16.9. The lowest BCUT2D eigenvalue weighted by molar-refractivity contribution is 0.218. The summed E-state index contributed by atoms with van der Waals surface area (Å²) in [6.07, 6.45) is 3.77. The summed E-state index contributed by atoms with van der Waals surface area (Å²) in [7, 11) is 0. The summed E-state index contributed by atoms with van der Waals surface area (Å²) < 4.78 is 0. The van der Waals surface area contributed by atoms with Crippen LogP contribution in [0.1, 0.15) is 30.4 Å². The summed E-state index contributed by atoms with van der Waals surface area (Å²) in [6, 6.07) is 11.0. The molecule has 126 valence electrons. The van der Waals surface area contributed by atoms with Crippen molar-refractivity contribution >= 4 is 23.0 Å². The van der Waals surface area contributed by atoms with E-state index in [0.717, 1.165) is 42.1 Å². The standard InChI is InChI=1S/C19H22ClN3O/c1-14-11-18(22-21-17-7-5-16(20)6-8-17)12-15(19(14)24)13-23-9-3-2-4-10-23/h5-8,11-12,24H,2-4,9-10,13H2,1H3. The molecule has 2 aromatic carbocycles. The molecule has 1 N–H and O–H groups in total. The first-order chi connectivity index (χ1) is 11.6. The van der Waals surface area contributed by atoms with Crippen molar-refractivity contribution in [3.63, 3.8) is 0 Å². The van der Waals surface area contributed by atoms with E-state index in [-0.39, 0.29) is 0 Å². The fourth-order valence-corrected chi connectivity index (χ4v) is 3.12. The summed E-state index contributed by atoms with van der Waals surface area (Å²) >= 11 is 5.88. The fraction of sp³-hybridized carbons (Fsp3) is 0.368. The van der Waals surface area contributed by atoms with E-state index in [1.807, 2.05) is 31.2 Å². The Labute approximate surface area is 147 Å². The Kier molecular flexibility index (Phi) is 5.48. The minimum absolute atomic E-state index is 0.367. The van der Waals surface area contributed by atoms with E-state index < -0.39 is 0 Å². The molecule has 0 aromatic heterocycles. The van der Waals surface area contributed by atoms with E-state index in [9.17, 15) is 5.11 Å². The third kappa shape index (κ3) is 4.34. The summed E-state index contributed by atoms with van der Waals surface area (Å²) in [5, 5.41) is 19.6. The fourth-order valence-electron chi connectivity index (χ4n) is 2.99. The quantitative estimate of drug-likeness (QED) is 0.718. The second-order valence-electron chi connectivity index (χ2n) is 6.28. The van der Waals surface area contributed by atoms with E-state index in [4.69, 9.17) is 11.6 Å². The average molecular weight is 344 g/mol. The molecular weight excluding hydrogens is 322 g/mol. The van der Waals surface area contributed by atoms with Crippen molar-refractivity contribution in [2.45, 2.75) is 32.7 Å². The van der Waals surface area contributed by atoms with Gasteiger partial charge in [-0.2, -0.15) is 10.2 Å². The Hall–Kier alpha value is -1.91. The van der Waals surface area contributed by atoms with Crippen molar-refractivity contribution < 1.29 is 5.11 Å². The van der Waals surface area contributed by atoms with Crippen LogP contribution in [0.15, 0.2) is 46.6 Å². The molecule has 0 unspecified atom stereocenters. The maximum absolute atomic E-state index is 10.4. The number of hydrogen-bond donors (Lipinski definition) is 1. The van der Waals surface area contributed by atoms with E-state index in [2.05, 4.69) is 15.1 Å². The zero-order valence-corrected chi connectivity index (χ0v) is 14.6. The highest BCUT2D eigenvalue weighted by atomic mass is 35.5. The summed E-state index contributed by atoms with van der Waals surface area (Å²) in [6.45, 7) is 4.84. The number of nitrogens with zero attached hydrogens (tertiary/aromatic N) is 3. The summed E-state index contributed by atoms with van der Waals surface area (Å²) in [5.74, 6) is 0.367. The maximum Gasteiger partial charge on any atom is 0.123 e. The van der Waals surface area contributed by atoms with Crippen LogP contribution in [-0.4, -0.2) is 23.1 Å². The van der Waals surface area contributed by atoms with Crippen LogP contribution in [0.2, 0.25) is 5.02 Å². The summed E-state index contributed by atoms with van der Waals surface area (Å²) in [4.78, 5) is 2.39. The number of piperidine rings is 1. The Morgan fingerprint density at radius 1 is 1.00 bits per heavy atom. The first-order valence-electron chi connectivity index (χ1n) is 8.34. The molecule has 1 aliphatic heterocycles. The van der Waals surface area contributed by atoms with Gasteiger partial charge in [0.2, 0.25) is 0 Å². The largest absolute Gasteiger partial charge is 0.507 e. The molecule has 5 heteroatoms.